The van der Waals surface area contributed by atoms with Gasteiger partial charge in [0.25, 0.3) is 11.8 Å². The lowest BCUT2D eigenvalue weighted by Gasteiger charge is -2.41. The number of hydrogen-bond acceptors (Lipinski definition) is 5. The molecule has 0 radical (unpaired) electrons. The van der Waals surface area contributed by atoms with Crippen LogP contribution in [0.15, 0.2) is 53.4 Å². The van der Waals surface area contributed by atoms with Crippen molar-refractivity contribution >= 4 is 33.4 Å². The van der Waals surface area contributed by atoms with E-state index in [2.05, 4.69) is 0 Å². The maximum atomic E-state index is 14.4. The maximum Gasteiger partial charge on any atom is 0.257 e. The highest BCUT2D eigenvalue weighted by Crippen LogP contribution is 2.33. The van der Waals surface area contributed by atoms with Crippen LogP contribution in [0.25, 0.3) is 0 Å². The summed E-state index contributed by atoms with van der Waals surface area (Å²) in [4.78, 5) is 41.4. The van der Waals surface area contributed by atoms with Crippen LogP contribution in [0.2, 0.25) is 0 Å². The van der Waals surface area contributed by atoms with E-state index in [4.69, 9.17) is 5.14 Å². The maximum absolute atomic E-state index is 14.4. The van der Waals surface area contributed by atoms with Crippen molar-refractivity contribution in [3.8, 4) is 0 Å². The average molecular weight is 462 g/mol. The van der Waals surface area contributed by atoms with Crippen LogP contribution in [0.5, 0.6) is 0 Å². The lowest BCUT2D eigenvalue weighted by molar-refractivity contribution is -0.123. The quantitative estimate of drug-likeness (QED) is 0.663. The Labute approximate surface area is 185 Å². The Morgan fingerprint density at radius 1 is 1.16 bits per heavy atom. The fraction of sp³-hybridized carbons (Fsp3) is 0.318. The molecule has 2 aromatic carbocycles. The molecule has 1 fully saturated rings. The SMILES string of the molecule is CCC(C)(C)N(C(=O)c1ccccc1F)C1CC(=O)N(c2ccc(S(N)(=O)=O)cc2)C1=O. The van der Waals surface area contributed by atoms with E-state index >= 15 is 0 Å². The van der Waals surface area contributed by atoms with Crippen molar-refractivity contribution in [3.63, 3.8) is 0 Å². The van der Waals surface area contributed by atoms with Crippen LogP contribution in [-0.4, -0.2) is 42.6 Å². The van der Waals surface area contributed by atoms with E-state index in [1.54, 1.807) is 13.8 Å². The molecular formula is C22H24FN3O5S. The number of nitrogens with two attached hydrogens (primary N) is 1. The Bertz CT molecular complexity index is 1180. The normalized spacial score (nSPS) is 17.0. The number of imide groups is 1. The number of rotatable bonds is 6. The first-order chi connectivity index (χ1) is 14.9. The second-order valence-electron chi connectivity index (χ2n) is 8.15. The van der Waals surface area contributed by atoms with E-state index in [0.717, 1.165) is 11.0 Å². The van der Waals surface area contributed by atoms with Crippen LogP contribution in [-0.2, 0) is 19.6 Å². The Morgan fingerprint density at radius 2 is 1.75 bits per heavy atom. The number of benzene rings is 2. The van der Waals surface area contributed by atoms with E-state index in [-0.39, 0.29) is 22.6 Å². The molecule has 2 aromatic rings. The Hall–Kier alpha value is -3.11. The van der Waals surface area contributed by atoms with Crippen molar-refractivity contribution in [2.75, 3.05) is 4.90 Å². The summed E-state index contributed by atoms with van der Waals surface area (Å²) in [6, 6.07) is 9.31. The molecule has 8 nitrogen and oxygen atoms in total. The monoisotopic (exact) mass is 461 g/mol. The van der Waals surface area contributed by atoms with Gasteiger partial charge in [-0.05, 0) is 56.7 Å². The molecule has 170 valence electrons. The first-order valence-corrected chi connectivity index (χ1v) is 11.5. The molecule has 0 saturated carbocycles. The molecule has 0 aromatic heterocycles. The van der Waals surface area contributed by atoms with Crippen LogP contribution < -0.4 is 10.0 Å². The molecule has 2 N–H and O–H groups in total. The number of anilines is 1. The number of hydrogen-bond donors (Lipinski definition) is 1. The number of primary sulfonamides is 1. The van der Waals surface area contributed by atoms with Crippen LogP contribution in [0.3, 0.4) is 0 Å². The van der Waals surface area contributed by atoms with Crippen LogP contribution in [0, 0.1) is 5.82 Å². The summed E-state index contributed by atoms with van der Waals surface area (Å²) in [5.41, 5.74) is -0.888. The lowest BCUT2D eigenvalue weighted by Crippen LogP contribution is -2.55. The summed E-state index contributed by atoms with van der Waals surface area (Å²) in [5.74, 6) is -2.61. The van der Waals surface area contributed by atoms with E-state index in [1.165, 1.54) is 47.4 Å². The van der Waals surface area contributed by atoms with Crippen molar-refractivity contribution in [2.24, 2.45) is 5.14 Å². The first-order valence-electron chi connectivity index (χ1n) is 9.96. The number of sulfonamides is 1. The molecule has 1 unspecified atom stereocenters. The zero-order valence-electron chi connectivity index (χ0n) is 17.9. The predicted octanol–water partition coefficient (Wildman–Crippen LogP) is 2.44. The molecule has 1 aliphatic rings. The molecule has 1 heterocycles. The molecule has 0 bridgehead atoms. The molecule has 32 heavy (non-hydrogen) atoms. The van der Waals surface area contributed by atoms with Crippen LogP contribution in [0.4, 0.5) is 10.1 Å². The second kappa shape index (κ2) is 8.44. The van der Waals surface area contributed by atoms with Crippen molar-refractivity contribution < 1.29 is 27.2 Å². The fourth-order valence-electron chi connectivity index (χ4n) is 3.65. The van der Waals surface area contributed by atoms with Gasteiger partial charge in [-0.25, -0.2) is 22.8 Å². The van der Waals surface area contributed by atoms with Gasteiger partial charge in [0.05, 0.1) is 22.6 Å². The topological polar surface area (TPSA) is 118 Å². The van der Waals surface area contributed by atoms with Gasteiger partial charge in [0, 0.05) is 5.54 Å². The first kappa shape index (κ1) is 23.6. The van der Waals surface area contributed by atoms with Gasteiger partial charge in [-0.15, -0.1) is 0 Å². The molecule has 0 spiro atoms. The zero-order chi connectivity index (χ0) is 23.8. The van der Waals surface area contributed by atoms with Crippen molar-refractivity contribution in [2.45, 2.75) is 50.1 Å². The van der Waals surface area contributed by atoms with E-state index < -0.39 is 45.1 Å². The number of carbonyl (C=O) groups is 3. The van der Waals surface area contributed by atoms with Gasteiger partial charge in [-0.1, -0.05) is 19.1 Å². The Kier molecular flexibility index (Phi) is 6.21. The molecule has 10 heteroatoms. The van der Waals surface area contributed by atoms with E-state index in [1.807, 2.05) is 6.92 Å². The number of halogens is 1. The summed E-state index contributed by atoms with van der Waals surface area (Å²) in [6.07, 6.45) is 0.174. The smallest absolute Gasteiger partial charge is 0.257 e. The molecule has 1 aliphatic heterocycles. The van der Waals surface area contributed by atoms with Gasteiger partial charge in [0.2, 0.25) is 15.9 Å². The fourth-order valence-corrected chi connectivity index (χ4v) is 4.16. The van der Waals surface area contributed by atoms with E-state index in [0.29, 0.717) is 6.42 Å². The minimum atomic E-state index is -3.94. The molecule has 1 atom stereocenters. The van der Waals surface area contributed by atoms with E-state index in [9.17, 15) is 27.2 Å². The number of nitrogens with zero attached hydrogens (tertiary/aromatic N) is 2. The summed E-state index contributed by atoms with van der Waals surface area (Å²) in [5, 5.41) is 5.09. The van der Waals surface area contributed by atoms with Crippen molar-refractivity contribution in [3.05, 3.63) is 59.9 Å². The molecule has 3 rings (SSSR count). The highest BCUT2D eigenvalue weighted by molar-refractivity contribution is 7.89. The summed E-state index contributed by atoms with van der Waals surface area (Å²) in [6.45, 7) is 5.31. The zero-order valence-corrected chi connectivity index (χ0v) is 18.7. The third-order valence-corrected chi connectivity index (χ3v) is 6.63. The Morgan fingerprint density at radius 3 is 2.28 bits per heavy atom. The van der Waals surface area contributed by atoms with Gasteiger partial charge < -0.3 is 4.90 Å². The van der Waals surface area contributed by atoms with Crippen LogP contribution >= 0.6 is 0 Å². The highest BCUT2D eigenvalue weighted by atomic mass is 32.2. The predicted molar refractivity (Wildman–Crippen MR) is 116 cm³/mol. The molecule has 3 amide bonds. The van der Waals surface area contributed by atoms with Crippen molar-refractivity contribution in [1.82, 2.24) is 4.90 Å². The van der Waals surface area contributed by atoms with Gasteiger partial charge >= 0.3 is 0 Å². The van der Waals surface area contributed by atoms with Crippen molar-refractivity contribution in [1.29, 1.82) is 0 Å². The highest BCUT2D eigenvalue weighted by Gasteiger charge is 2.48. The summed E-state index contributed by atoms with van der Waals surface area (Å²) >= 11 is 0. The lowest BCUT2D eigenvalue weighted by atomic mass is 9.94. The molecular weight excluding hydrogens is 437 g/mol. The average Bonchev–Trinajstić information content (AvgIpc) is 3.01. The standard InChI is InChI=1S/C22H24FN3O5S/c1-4-22(2,3)26(20(28)16-7-5-6-8-17(16)23)18-13-19(27)25(21(18)29)14-9-11-15(12-10-14)32(24,30)31/h5-12,18H,4,13H2,1-3H3,(H2,24,30,31). The Balaban J connectivity index is 2.01. The van der Waals surface area contributed by atoms with Gasteiger partial charge in [-0.2, -0.15) is 0 Å². The van der Waals surface area contributed by atoms with Gasteiger partial charge in [-0.3, -0.25) is 14.4 Å². The number of carbonyl (C=O) groups excluding carboxylic acids is 3. The minimum Gasteiger partial charge on any atom is -0.321 e. The molecule has 1 saturated heterocycles. The largest absolute Gasteiger partial charge is 0.321 e. The molecule has 0 aliphatic carbocycles. The summed E-state index contributed by atoms with van der Waals surface area (Å²) < 4.78 is 37.3. The van der Waals surface area contributed by atoms with Gasteiger partial charge in [0.1, 0.15) is 11.9 Å². The summed E-state index contributed by atoms with van der Waals surface area (Å²) in [7, 11) is -3.94. The minimum absolute atomic E-state index is 0.155. The number of amides is 3. The van der Waals surface area contributed by atoms with Gasteiger partial charge in [0.15, 0.2) is 0 Å². The van der Waals surface area contributed by atoms with Crippen LogP contribution in [0.1, 0.15) is 44.0 Å². The third-order valence-electron chi connectivity index (χ3n) is 5.70. The third kappa shape index (κ3) is 4.28. The second-order valence-corrected chi connectivity index (χ2v) is 9.71.